The van der Waals surface area contributed by atoms with Crippen molar-refractivity contribution in [2.75, 3.05) is 19.6 Å². The highest BCUT2D eigenvalue weighted by Gasteiger charge is 2.32. The summed E-state index contributed by atoms with van der Waals surface area (Å²) in [5, 5.41) is 0. The van der Waals surface area contributed by atoms with Gasteiger partial charge >= 0.3 is 0 Å². The number of hydrogen-bond acceptors (Lipinski definition) is 2. The second-order valence-electron chi connectivity index (χ2n) is 6.88. The lowest BCUT2D eigenvalue weighted by Gasteiger charge is -2.44. The summed E-state index contributed by atoms with van der Waals surface area (Å²) in [5.74, 6) is 1.55. The molecule has 0 aromatic rings. The van der Waals surface area contributed by atoms with Crippen molar-refractivity contribution in [1.82, 2.24) is 4.90 Å². The first-order valence-corrected chi connectivity index (χ1v) is 8.37. The molecule has 0 spiro atoms. The maximum Gasteiger partial charge on any atom is 0.0329 e. The molecule has 0 rings (SSSR count). The molecule has 2 N–H and O–H groups in total. The Bertz CT molecular complexity index is 195. The second-order valence-corrected chi connectivity index (χ2v) is 6.88. The monoisotopic (exact) mass is 270 g/mol. The lowest BCUT2D eigenvalue weighted by Crippen LogP contribution is -2.54. The van der Waals surface area contributed by atoms with Crippen molar-refractivity contribution < 1.29 is 0 Å². The Labute approximate surface area is 122 Å². The number of nitrogens with two attached hydrogens (primary N) is 1. The van der Waals surface area contributed by atoms with Crippen LogP contribution >= 0.6 is 0 Å². The molecule has 0 fully saturated rings. The molecule has 0 saturated heterocycles. The normalized spacial score (nSPS) is 15.5. The Balaban J connectivity index is 4.81. The summed E-state index contributed by atoms with van der Waals surface area (Å²) in [5.41, 5.74) is 6.41. The zero-order valence-corrected chi connectivity index (χ0v) is 14.3. The first-order valence-electron chi connectivity index (χ1n) is 8.37. The predicted octanol–water partition coefficient (Wildman–Crippen LogP) is 4.29. The molecule has 0 aromatic heterocycles. The molecule has 0 bridgehead atoms. The van der Waals surface area contributed by atoms with E-state index in [0.717, 1.165) is 18.4 Å². The summed E-state index contributed by atoms with van der Waals surface area (Å²) in [6, 6.07) is 0. The molecular weight excluding hydrogens is 232 g/mol. The highest BCUT2D eigenvalue weighted by atomic mass is 15.2. The number of rotatable bonds is 11. The topological polar surface area (TPSA) is 29.3 Å². The van der Waals surface area contributed by atoms with Crippen LogP contribution in [0.4, 0.5) is 0 Å². The van der Waals surface area contributed by atoms with Gasteiger partial charge < -0.3 is 5.73 Å². The minimum Gasteiger partial charge on any atom is -0.329 e. The molecule has 0 saturated carbocycles. The SMILES string of the molecule is CCCC(CC)(CN)N(CCC(C)C)CCC(C)C. The third kappa shape index (κ3) is 6.76. The molecule has 1 atom stereocenters. The van der Waals surface area contributed by atoms with Gasteiger partial charge in [0.05, 0.1) is 0 Å². The molecule has 116 valence electrons. The predicted molar refractivity (Wildman–Crippen MR) is 87.5 cm³/mol. The van der Waals surface area contributed by atoms with Crippen LogP contribution in [-0.4, -0.2) is 30.1 Å². The van der Waals surface area contributed by atoms with Crippen molar-refractivity contribution >= 4 is 0 Å². The van der Waals surface area contributed by atoms with Gasteiger partial charge in [-0.05, 0) is 50.6 Å². The van der Waals surface area contributed by atoms with E-state index < -0.39 is 0 Å². The van der Waals surface area contributed by atoms with Crippen molar-refractivity contribution in [2.24, 2.45) is 17.6 Å². The van der Waals surface area contributed by atoms with E-state index in [2.05, 4.69) is 46.4 Å². The summed E-state index contributed by atoms with van der Waals surface area (Å²) < 4.78 is 0. The Kier molecular flexibility index (Phi) is 9.72. The fourth-order valence-electron chi connectivity index (χ4n) is 2.81. The molecule has 19 heavy (non-hydrogen) atoms. The van der Waals surface area contributed by atoms with E-state index in [-0.39, 0.29) is 5.54 Å². The van der Waals surface area contributed by atoms with Crippen LogP contribution in [0.5, 0.6) is 0 Å². The third-order valence-electron chi connectivity index (χ3n) is 4.38. The van der Waals surface area contributed by atoms with Gasteiger partial charge in [-0.15, -0.1) is 0 Å². The van der Waals surface area contributed by atoms with E-state index in [0.29, 0.717) is 0 Å². The lowest BCUT2D eigenvalue weighted by atomic mass is 9.87. The van der Waals surface area contributed by atoms with Crippen LogP contribution in [0.25, 0.3) is 0 Å². The van der Waals surface area contributed by atoms with E-state index in [4.69, 9.17) is 5.73 Å². The van der Waals surface area contributed by atoms with Gasteiger partial charge in [0.1, 0.15) is 0 Å². The summed E-state index contributed by atoms with van der Waals surface area (Å²) in [7, 11) is 0. The zero-order chi connectivity index (χ0) is 14.9. The molecule has 2 heteroatoms. The van der Waals surface area contributed by atoms with E-state index in [1.807, 2.05) is 0 Å². The van der Waals surface area contributed by atoms with E-state index >= 15 is 0 Å². The van der Waals surface area contributed by atoms with Gasteiger partial charge in [-0.2, -0.15) is 0 Å². The maximum absolute atomic E-state index is 6.18. The van der Waals surface area contributed by atoms with Gasteiger partial charge in [0.25, 0.3) is 0 Å². The molecule has 0 aliphatic heterocycles. The van der Waals surface area contributed by atoms with Gasteiger partial charge in [0, 0.05) is 12.1 Å². The van der Waals surface area contributed by atoms with E-state index in [9.17, 15) is 0 Å². The minimum atomic E-state index is 0.235. The van der Waals surface area contributed by atoms with Gasteiger partial charge in [0.2, 0.25) is 0 Å². The van der Waals surface area contributed by atoms with Crippen LogP contribution in [0.3, 0.4) is 0 Å². The van der Waals surface area contributed by atoms with Crippen molar-refractivity contribution in [2.45, 2.75) is 79.2 Å². The van der Waals surface area contributed by atoms with Crippen molar-refractivity contribution in [1.29, 1.82) is 0 Å². The molecule has 0 aliphatic rings. The summed E-state index contributed by atoms with van der Waals surface area (Å²) >= 11 is 0. The zero-order valence-electron chi connectivity index (χ0n) is 14.3. The molecule has 0 heterocycles. The summed E-state index contributed by atoms with van der Waals surface area (Å²) in [6.45, 7) is 17.1. The number of nitrogens with zero attached hydrogens (tertiary/aromatic N) is 1. The Morgan fingerprint density at radius 1 is 0.947 bits per heavy atom. The highest BCUT2D eigenvalue weighted by molar-refractivity contribution is 4.90. The third-order valence-corrected chi connectivity index (χ3v) is 4.38. The Morgan fingerprint density at radius 3 is 1.68 bits per heavy atom. The Morgan fingerprint density at radius 2 is 1.42 bits per heavy atom. The van der Waals surface area contributed by atoms with Gasteiger partial charge in [-0.1, -0.05) is 48.0 Å². The fraction of sp³-hybridized carbons (Fsp3) is 1.00. The highest BCUT2D eigenvalue weighted by Crippen LogP contribution is 2.26. The van der Waals surface area contributed by atoms with Crippen LogP contribution < -0.4 is 5.73 Å². The van der Waals surface area contributed by atoms with Crippen LogP contribution in [0.15, 0.2) is 0 Å². The van der Waals surface area contributed by atoms with Crippen LogP contribution in [-0.2, 0) is 0 Å². The van der Waals surface area contributed by atoms with Crippen LogP contribution in [0.2, 0.25) is 0 Å². The first kappa shape index (κ1) is 18.9. The molecule has 0 aromatic carbocycles. The maximum atomic E-state index is 6.18. The van der Waals surface area contributed by atoms with Gasteiger partial charge in [-0.3, -0.25) is 4.90 Å². The van der Waals surface area contributed by atoms with Gasteiger partial charge in [-0.25, -0.2) is 0 Å². The fourth-order valence-corrected chi connectivity index (χ4v) is 2.81. The first-order chi connectivity index (χ1) is 8.91. The molecule has 1 unspecified atom stereocenters. The number of hydrogen-bond donors (Lipinski definition) is 1. The minimum absolute atomic E-state index is 0.235. The quantitative estimate of drug-likeness (QED) is 0.607. The average Bonchev–Trinajstić information content (AvgIpc) is 2.36. The lowest BCUT2D eigenvalue weighted by molar-refractivity contribution is 0.0695. The van der Waals surface area contributed by atoms with E-state index in [1.165, 1.54) is 45.2 Å². The Hall–Kier alpha value is -0.0800. The molecule has 2 nitrogen and oxygen atoms in total. The summed E-state index contributed by atoms with van der Waals surface area (Å²) in [6.07, 6.45) is 6.20. The average molecular weight is 271 g/mol. The standard InChI is InChI=1S/C17H38N2/c1-7-11-17(8-2,14-18)19(12-9-15(3)4)13-10-16(5)6/h15-16H,7-14,18H2,1-6H3. The van der Waals surface area contributed by atoms with E-state index in [1.54, 1.807) is 0 Å². The van der Waals surface area contributed by atoms with Crippen molar-refractivity contribution in [3.63, 3.8) is 0 Å². The largest absolute Gasteiger partial charge is 0.329 e. The smallest absolute Gasteiger partial charge is 0.0329 e. The molecular formula is C17H38N2. The van der Waals surface area contributed by atoms with Crippen molar-refractivity contribution in [3.8, 4) is 0 Å². The van der Waals surface area contributed by atoms with Crippen LogP contribution in [0, 0.1) is 11.8 Å². The van der Waals surface area contributed by atoms with Crippen LogP contribution in [0.1, 0.15) is 73.6 Å². The molecule has 0 aliphatic carbocycles. The van der Waals surface area contributed by atoms with Crippen molar-refractivity contribution in [3.05, 3.63) is 0 Å². The summed E-state index contributed by atoms with van der Waals surface area (Å²) in [4.78, 5) is 2.70. The molecule has 0 amide bonds. The molecule has 0 radical (unpaired) electrons. The van der Waals surface area contributed by atoms with Gasteiger partial charge in [0.15, 0.2) is 0 Å². The second kappa shape index (κ2) is 9.77.